The normalized spacial score (nSPS) is 20.6. The summed E-state index contributed by atoms with van der Waals surface area (Å²) in [4.78, 5) is 26.1. The standard InChI is InChI=1S/C19H22F2N2O2/c20-15-7-4-8-16(21)18(15)22-19(25)14-11-17(24)23(12-14)10-9-13-5-2-1-3-6-13/h4-5,7-8,14H,1-3,6,9-12H2,(H,22,25). The van der Waals surface area contributed by atoms with Gasteiger partial charge in [-0.3, -0.25) is 9.59 Å². The molecule has 134 valence electrons. The molecule has 1 aliphatic heterocycles. The summed E-state index contributed by atoms with van der Waals surface area (Å²) in [7, 11) is 0. The Morgan fingerprint density at radius 3 is 2.68 bits per heavy atom. The summed E-state index contributed by atoms with van der Waals surface area (Å²) in [6.45, 7) is 0.899. The first-order chi connectivity index (χ1) is 12.0. The second-order valence-electron chi connectivity index (χ2n) is 6.68. The summed E-state index contributed by atoms with van der Waals surface area (Å²) in [5.74, 6) is -2.81. The fraction of sp³-hybridized carbons (Fsp3) is 0.474. The van der Waals surface area contributed by atoms with Crippen molar-refractivity contribution in [3.05, 3.63) is 41.5 Å². The number of amides is 2. The van der Waals surface area contributed by atoms with E-state index in [0.29, 0.717) is 13.1 Å². The van der Waals surface area contributed by atoms with Gasteiger partial charge in [-0.15, -0.1) is 0 Å². The number of carbonyl (C=O) groups is 2. The summed E-state index contributed by atoms with van der Waals surface area (Å²) < 4.78 is 27.3. The van der Waals surface area contributed by atoms with Crippen LogP contribution in [0.15, 0.2) is 29.8 Å². The molecule has 1 aliphatic carbocycles. The van der Waals surface area contributed by atoms with Crippen LogP contribution in [-0.4, -0.2) is 29.8 Å². The van der Waals surface area contributed by atoms with E-state index in [1.807, 2.05) is 0 Å². The second kappa shape index (κ2) is 7.76. The van der Waals surface area contributed by atoms with Gasteiger partial charge in [-0.25, -0.2) is 8.78 Å². The van der Waals surface area contributed by atoms with E-state index in [4.69, 9.17) is 0 Å². The van der Waals surface area contributed by atoms with Crippen LogP contribution < -0.4 is 5.32 Å². The molecule has 6 heteroatoms. The van der Waals surface area contributed by atoms with Crippen molar-refractivity contribution in [1.82, 2.24) is 4.90 Å². The molecule has 1 saturated heterocycles. The van der Waals surface area contributed by atoms with Gasteiger partial charge in [0.25, 0.3) is 0 Å². The number of nitrogens with zero attached hydrogens (tertiary/aromatic N) is 1. The first kappa shape index (κ1) is 17.6. The van der Waals surface area contributed by atoms with Crippen LogP contribution in [0.2, 0.25) is 0 Å². The molecular weight excluding hydrogens is 326 g/mol. The SMILES string of the molecule is O=C(Nc1c(F)cccc1F)C1CC(=O)N(CCC2=CCCCC2)C1. The third-order valence-corrected chi connectivity index (χ3v) is 4.88. The summed E-state index contributed by atoms with van der Waals surface area (Å²) in [5.41, 5.74) is 0.922. The average Bonchev–Trinajstić information content (AvgIpc) is 2.98. The van der Waals surface area contributed by atoms with Gasteiger partial charge in [-0.05, 0) is 44.2 Å². The fourth-order valence-electron chi connectivity index (χ4n) is 3.42. The molecule has 0 aromatic heterocycles. The first-order valence-corrected chi connectivity index (χ1v) is 8.75. The molecule has 1 atom stereocenters. The molecule has 4 nitrogen and oxygen atoms in total. The maximum atomic E-state index is 13.6. The molecule has 25 heavy (non-hydrogen) atoms. The van der Waals surface area contributed by atoms with Crippen molar-refractivity contribution in [1.29, 1.82) is 0 Å². The molecule has 3 rings (SSSR count). The number of hydrogen-bond donors (Lipinski definition) is 1. The van der Waals surface area contributed by atoms with Gasteiger partial charge in [0.05, 0.1) is 5.92 Å². The Morgan fingerprint density at radius 2 is 2.00 bits per heavy atom. The molecule has 1 heterocycles. The van der Waals surface area contributed by atoms with Crippen molar-refractivity contribution in [2.45, 2.75) is 38.5 Å². The van der Waals surface area contributed by atoms with E-state index in [0.717, 1.165) is 31.4 Å². The van der Waals surface area contributed by atoms with Gasteiger partial charge >= 0.3 is 0 Å². The van der Waals surface area contributed by atoms with Crippen LogP contribution >= 0.6 is 0 Å². The molecule has 1 N–H and O–H groups in total. The van der Waals surface area contributed by atoms with Crippen molar-refractivity contribution in [3.8, 4) is 0 Å². The van der Waals surface area contributed by atoms with E-state index in [1.54, 1.807) is 4.90 Å². The number of likely N-dealkylation sites (tertiary alicyclic amines) is 1. The molecule has 2 amide bonds. The van der Waals surface area contributed by atoms with Gasteiger partial charge in [-0.1, -0.05) is 17.7 Å². The zero-order valence-corrected chi connectivity index (χ0v) is 14.1. The second-order valence-corrected chi connectivity index (χ2v) is 6.68. The van der Waals surface area contributed by atoms with Crippen LogP contribution in [0.3, 0.4) is 0 Å². The third-order valence-electron chi connectivity index (χ3n) is 4.88. The molecule has 0 saturated carbocycles. The number of nitrogens with one attached hydrogen (secondary N) is 1. The van der Waals surface area contributed by atoms with Crippen LogP contribution in [0.1, 0.15) is 38.5 Å². The molecule has 0 spiro atoms. The van der Waals surface area contributed by atoms with Gasteiger partial charge < -0.3 is 10.2 Å². The number of halogens is 2. The van der Waals surface area contributed by atoms with Gasteiger partial charge in [-0.2, -0.15) is 0 Å². The minimum Gasteiger partial charge on any atom is -0.342 e. The van der Waals surface area contributed by atoms with Crippen molar-refractivity contribution in [2.75, 3.05) is 18.4 Å². The molecule has 1 fully saturated rings. The first-order valence-electron chi connectivity index (χ1n) is 8.75. The predicted molar refractivity (Wildman–Crippen MR) is 90.8 cm³/mol. The van der Waals surface area contributed by atoms with Crippen molar-refractivity contribution in [2.24, 2.45) is 5.92 Å². The lowest BCUT2D eigenvalue weighted by Crippen LogP contribution is -2.29. The number of carbonyl (C=O) groups excluding carboxylic acids is 2. The Morgan fingerprint density at radius 1 is 1.24 bits per heavy atom. The Hall–Kier alpha value is -2.24. The van der Waals surface area contributed by atoms with Gasteiger partial charge in [0, 0.05) is 19.5 Å². The maximum absolute atomic E-state index is 13.6. The molecule has 1 aromatic rings. The fourth-order valence-corrected chi connectivity index (χ4v) is 3.42. The summed E-state index contributed by atoms with van der Waals surface area (Å²) >= 11 is 0. The number of para-hydroxylation sites is 1. The maximum Gasteiger partial charge on any atom is 0.229 e. The van der Waals surface area contributed by atoms with E-state index in [-0.39, 0.29) is 12.3 Å². The molecule has 2 aliphatic rings. The number of allylic oxidation sites excluding steroid dienone is 1. The van der Waals surface area contributed by atoms with E-state index in [1.165, 1.54) is 24.5 Å². The molecule has 0 radical (unpaired) electrons. The smallest absolute Gasteiger partial charge is 0.229 e. The number of anilines is 1. The van der Waals surface area contributed by atoms with Crippen LogP contribution in [-0.2, 0) is 9.59 Å². The highest BCUT2D eigenvalue weighted by atomic mass is 19.1. The minimum absolute atomic E-state index is 0.0782. The molecule has 0 bridgehead atoms. The lowest BCUT2D eigenvalue weighted by Gasteiger charge is -2.19. The summed E-state index contributed by atoms with van der Waals surface area (Å²) in [6, 6.07) is 3.41. The zero-order chi connectivity index (χ0) is 17.8. The molecule has 1 aromatic carbocycles. The Labute approximate surface area is 145 Å². The van der Waals surface area contributed by atoms with Crippen molar-refractivity contribution >= 4 is 17.5 Å². The lowest BCUT2D eigenvalue weighted by atomic mass is 9.97. The zero-order valence-electron chi connectivity index (χ0n) is 14.1. The van der Waals surface area contributed by atoms with Crippen LogP contribution in [0, 0.1) is 17.6 Å². The average molecular weight is 348 g/mol. The largest absolute Gasteiger partial charge is 0.342 e. The van der Waals surface area contributed by atoms with Crippen molar-refractivity contribution in [3.63, 3.8) is 0 Å². The number of benzene rings is 1. The van der Waals surface area contributed by atoms with E-state index >= 15 is 0 Å². The third kappa shape index (κ3) is 4.24. The topological polar surface area (TPSA) is 49.4 Å². The summed E-state index contributed by atoms with van der Waals surface area (Å²) in [5, 5.41) is 2.29. The van der Waals surface area contributed by atoms with Gasteiger partial charge in [0.15, 0.2) is 0 Å². The molecular formula is C19H22F2N2O2. The Kier molecular flexibility index (Phi) is 5.46. The molecule has 1 unspecified atom stereocenters. The van der Waals surface area contributed by atoms with Crippen LogP contribution in [0.4, 0.5) is 14.5 Å². The minimum atomic E-state index is -0.821. The predicted octanol–water partition coefficient (Wildman–Crippen LogP) is 3.64. The highest BCUT2D eigenvalue weighted by Crippen LogP contribution is 2.25. The van der Waals surface area contributed by atoms with Gasteiger partial charge in [0.1, 0.15) is 17.3 Å². The van der Waals surface area contributed by atoms with E-state index in [9.17, 15) is 18.4 Å². The van der Waals surface area contributed by atoms with Gasteiger partial charge in [0.2, 0.25) is 11.8 Å². The summed E-state index contributed by atoms with van der Waals surface area (Å²) in [6.07, 6.45) is 7.76. The highest BCUT2D eigenvalue weighted by molar-refractivity contribution is 5.97. The number of rotatable bonds is 5. The van der Waals surface area contributed by atoms with Crippen molar-refractivity contribution < 1.29 is 18.4 Å². The lowest BCUT2D eigenvalue weighted by molar-refractivity contribution is -0.128. The van der Waals surface area contributed by atoms with Crippen LogP contribution in [0.5, 0.6) is 0 Å². The highest BCUT2D eigenvalue weighted by Gasteiger charge is 2.34. The number of hydrogen-bond acceptors (Lipinski definition) is 2. The van der Waals surface area contributed by atoms with E-state index < -0.39 is 29.1 Å². The van der Waals surface area contributed by atoms with E-state index in [2.05, 4.69) is 11.4 Å². The van der Waals surface area contributed by atoms with Crippen LogP contribution in [0.25, 0.3) is 0 Å². The monoisotopic (exact) mass is 348 g/mol. The Balaban J connectivity index is 1.56. The Bertz CT molecular complexity index is 682. The quantitative estimate of drug-likeness (QED) is 0.826.